The minimum absolute atomic E-state index is 0.101. The summed E-state index contributed by atoms with van der Waals surface area (Å²) in [6.45, 7) is 6.48. The van der Waals surface area contributed by atoms with E-state index < -0.39 is 6.10 Å². The van der Waals surface area contributed by atoms with Crippen LogP contribution in [0.3, 0.4) is 0 Å². The van der Waals surface area contributed by atoms with Gasteiger partial charge in [-0.15, -0.1) is 0 Å². The molecule has 0 fully saturated rings. The molecule has 6 nitrogen and oxygen atoms in total. The van der Waals surface area contributed by atoms with Gasteiger partial charge >= 0.3 is 17.9 Å². The lowest BCUT2D eigenvalue weighted by molar-refractivity contribution is -0.167. The molecule has 0 saturated carbocycles. The van der Waals surface area contributed by atoms with Gasteiger partial charge in [0, 0.05) is 19.3 Å². The van der Waals surface area contributed by atoms with E-state index in [0.29, 0.717) is 19.3 Å². The summed E-state index contributed by atoms with van der Waals surface area (Å²) in [7, 11) is 0. The number of carbonyl (C=O) groups excluding carboxylic acids is 3. The van der Waals surface area contributed by atoms with Crippen LogP contribution in [-0.2, 0) is 28.6 Å². The molecule has 0 unspecified atom stereocenters. The van der Waals surface area contributed by atoms with Crippen molar-refractivity contribution in [2.75, 3.05) is 13.2 Å². The molecule has 0 aliphatic rings. The molecule has 0 aromatic rings. The highest BCUT2D eigenvalue weighted by molar-refractivity contribution is 5.71. The predicted molar refractivity (Wildman–Crippen MR) is 307 cm³/mol. The van der Waals surface area contributed by atoms with Crippen molar-refractivity contribution in [3.63, 3.8) is 0 Å². The van der Waals surface area contributed by atoms with Gasteiger partial charge in [0.25, 0.3) is 0 Å². The molecule has 0 rings (SSSR count). The van der Waals surface area contributed by atoms with Crippen LogP contribution in [0.15, 0.2) is 85.1 Å². The van der Waals surface area contributed by atoms with Gasteiger partial charge in [0.2, 0.25) is 0 Å². The first-order valence-electron chi connectivity index (χ1n) is 30.1. The van der Waals surface area contributed by atoms with E-state index in [4.69, 9.17) is 14.2 Å². The van der Waals surface area contributed by atoms with Crippen molar-refractivity contribution in [1.82, 2.24) is 0 Å². The van der Waals surface area contributed by atoms with E-state index in [2.05, 4.69) is 106 Å². The van der Waals surface area contributed by atoms with Crippen LogP contribution in [0.1, 0.15) is 290 Å². The average Bonchev–Trinajstić information content (AvgIpc) is 3.37. The Morgan fingerprint density at radius 2 is 0.563 bits per heavy atom. The Hall–Kier alpha value is -3.41. The van der Waals surface area contributed by atoms with Crippen LogP contribution in [0.4, 0.5) is 0 Å². The van der Waals surface area contributed by atoms with Crippen molar-refractivity contribution in [2.24, 2.45) is 0 Å². The molecule has 0 bridgehead atoms. The first-order valence-corrected chi connectivity index (χ1v) is 30.1. The van der Waals surface area contributed by atoms with Crippen molar-refractivity contribution in [2.45, 2.75) is 297 Å². The Labute approximate surface area is 439 Å². The first-order chi connectivity index (χ1) is 35.0. The maximum Gasteiger partial charge on any atom is 0.306 e. The van der Waals surface area contributed by atoms with E-state index in [1.54, 1.807) is 0 Å². The molecular weight excluding hydrogens is 877 g/mol. The Bertz CT molecular complexity index is 1370. The average molecular weight is 990 g/mol. The van der Waals surface area contributed by atoms with Crippen LogP contribution in [0, 0.1) is 0 Å². The second-order valence-corrected chi connectivity index (χ2v) is 19.9. The number of ether oxygens (including phenoxy) is 3. The van der Waals surface area contributed by atoms with Gasteiger partial charge in [0.1, 0.15) is 13.2 Å². The maximum absolute atomic E-state index is 12.8. The van der Waals surface area contributed by atoms with Gasteiger partial charge in [-0.1, -0.05) is 247 Å². The number of hydrogen-bond acceptors (Lipinski definition) is 6. The van der Waals surface area contributed by atoms with E-state index in [9.17, 15) is 14.4 Å². The Morgan fingerprint density at radius 3 is 0.915 bits per heavy atom. The topological polar surface area (TPSA) is 78.9 Å². The lowest BCUT2D eigenvalue weighted by atomic mass is 10.0. The van der Waals surface area contributed by atoms with Gasteiger partial charge in [0.05, 0.1) is 0 Å². The van der Waals surface area contributed by atoms with Crippen molar-refractivity contribution < 1.29 is 28.6 Å². The second kappa shape index (κ2) is 59.2. The molecule has 0 radical (unpaired) electrons. The number of allylic oxidation sites excluding steroid dienone is 14. The van der Waals surface area contributed by atoms with Gasteiger partial charge in [-0.05, 0) is 109 Å². The second-order valence-electron chi connectivity index (χ2n) is 19.9. The SMILES string of the molecule is CC/C=C\C/C=C\C/C=C\C/C=C\C/C=C\CCCC(=O)O[C@@H](COC(=O)CCCCCCC/C=C\CCCCCCCC)COC(=O)CCCCCCCCCCCCC/C=C\CCCCCCCC. The van der Waals surface area contributed by atoms with Gasteiger partial charge in [0.15, 0.2) is 6.10 Å². The first kappa shape index (κ1) is 67.6. The largest absolute Gasteiger partial charge is 0.462 e. The lowest BCUT2D eigenvalue weighted by Crippen LogP contribution is -2.30. The number of rotatable bonds is 54. The Kier molecular flexibility index (Phi) is 56.3. The quantitative estimate of drug-likeness (QED) is 0.0261. The Balaban J connectivity index is 4.43. The highest BCUT2D eigenvalue weighted by Gasteiger charge is 2.19. The predicted octanol–water partition coefficient (Wildman–Crippen LogP) is 20.3. The van der Waals surface area contributed by atoms with Crippen molar-refractivity contribution in [3.8, 4) is 0 Å². The van der Waals surface area contributed by atoms with Crippen LogP contribution >= 0.6 is 0 Å². The fourth-order valence-corrected chi connectivity index (χ4v) is 8.35. The van der Waals surface area contributed by atoms with Gasteiger partial charge in [-0.25, -0.2) is 0 Å². The van der Waals surface area contributed by atoms with E-state index in [1.165, 1.54) is 161 Å². The fraction of sp³-hybridized carbons (Fsp3) is 0.738. The minimum Gasteiger partial charge on any atom is -0.462 e. The number of esters is 3. The van der Waals surface area contributed by atoms with E-state index in [-0.39, 0.29) is 37.5 Å². The zero-order valence-electron chi connectivity index (χ0n) is 46.7. The lowest BCUT2D eigenvalue weighted by Gasteiger charge is -2.18. The van der Waals surface area contributed by atoms with Gasteiger partial charge < -0.3 is 14.2 Å². The highest BCUT2D eigenvalue weighted by Crippen LogP contribution is 2.15. The van der Waals surface area contributed by atoms with Crippen molar-refractivity contribution >= 4 is 17.9 Å². The maximum atomic E-state index is 12.8. The molecular formula is C65H112O6. The standard InChI is InChI=1S/C65H112O6/c1-4-7-10-13-16-19-22-25-28-30-31-32-33-35-37-40-43-46-49-52-55-58-64(67)70-61-62(60-69-63(66)57-54-51-48-45-42-39-36-27-24-21-18-15-12-9-6-3)71-65(68)59-56-53-50-47-44-41-38-34-29-26-23-20-17-14-11-8-5-2/h8,11,17,20,25-29,36,38,41,47,50,62H,4-7,9-10,12-16,18-19,21-24,30-35,37,39-40,42-46,48-49,51-61H2,1-3H3/b11-8-,20-17-,28-25-,29-26-,36-27-,41-38-,50-47-/t62-/m0/s1. The zero-order valence-corrected chi connectivity index (χ0v) is 46.7. The summed E-state index contributed by atoms with van der Waals surface area (Å²) in [6.07, 6.45) is 77.3. The monoisotopic (exact) mass is 989 g/mol. The Morgan fingerprint density at radius 1 is 0.296 bits per heavy atom. The van der Waals surface area contributed by atoms with Crippen molar-refractivity contribution in [3.05, 3.63) is 85.1 Å². The normalized spacial score (nSPS) is 12.7. The van der Waals surface area contributed by atoms with Gasteiger partial charge in [-0.3, -0.25) is 14.4 Å². The third kappa shape index (κ3) is 57.4. The summed E-state index contributed by atoms with van der Waals surface area (Å²) >= 11 is 0. The summed E-state index contributed by atoms with van der Waals surface area (Å²) in [4.78, 5) is 38.2. The molecule has 1 atom stereocenters. The number of carbonyl (C=O) groups is 3. The van der Waals surface area contributed by atoms with Crippen LogP contribution in [0.2, 0.25) is 0 Å². The molecule has 0 amide bonds. The van der Waals surface area contributed by atoms with Crippen LogP contribution in [-0.4, -0.2) is 37.2 Å². The molecule has 0 spiro atoms. The molecule has 0 N–H and O–H groups in total. The van der Waals surface area contributed by atoms with Crippen LogP contribution < -0.4 is 0 Å². The summed E-state index contributed by atoms with van der Waals surface area (Å²) in [5, 5.41) is 0. The molecule has 0 aromatic carbocycles. The summed E-state index contributed by atoms with van der Waals surface area (Å²) in [5.74, 6) is -0.962. The molecule has 408 valence electrons. The van der Waals surface area contributed by atoms with Crippen molar-refractivity contribution in [1.29, 1.82) is 0 Å². The molecule has 71 heavy (non-hydrogen) atoms. The number of hydrogen-bond donors (Lipinski definition) is 0. The fourth-order valence-electron chi connectivity index (χ4n) is 8.35. The zero-order chi connectivity index (χ0) is 51.4. The molecule has 0 aliphatic carbocycles. The molecule has 0 saturated heterocycles. The summed E-state index contributed by atoms with van der Waals surface area (Å²) in [6, 6.07) is 0. The summed E-state index contributed by atoms with van der Waals surface area (Å²) in [5.41, 5.74) is 0. The van der Waals surface area contributed by atoms with Crippen LogP contribution in [0.5, 0.6) is 0 Å². The number of unbranched alkanes of at least 4 members (excludes halogenated alkanes) is 29. The highest BCUT2D eigenvalue weighted by atomic mass is 16.6. The third-order valence-corrected chi connectivity index (χ3v) is 12.9. The molecule has 0 aromatic heterocycles. The molecule has 0 heterocycles. The third-order valence-electron chi connectivity index (χ3n) is 12.9. The van der Waals surface area contributed by atoms with Crippen LogP contribution in [0.25, 0.3) is 0 Å². The minimum atomic E-state index is -0.810. The molecule has 0 aliphatic heterocycles. The van der Waals surface area contributed by atoms with Gasteiger partial charge in [-0.2, -0.15) is 0 Å². The van der Waals surface area contributed by atoms with E-state index in [0.717, 1.165) is 83.5 Å². The summed E-state index contributed by atoms with van der Waals surface area (Å²) < 4.78 is 16.8. The molecule has 6 heteroatoms. The van der Waals surface area contributed by atoms with E-state index in [1.807, 2.05) is 0 Å². The van der Waals surface area contributed by atoms with E-state index >= 15 is 0 Å². The smallest absolute Gasteiger partial charge is 0.306 e.